The summed E-state index contributed by atoms with van der Waals surface area (Å²) < 4.78 is 15.6. The molecular formula is C16H19FN4. The fourth-order valence-corrected chi connectivity index (χ4v) is 2.71. The van der Waals surface area contributed by atoms with Gasteiger partial charge in [-0.15, -0.1) is 0 Å². The van der Waals surface area contributed by atoms with Gasteiger partial charge >= 0.3 is 0 Å². The van der Waals surface area contributed by atoms with Crippen LogP contribution >= 0.6 is 0 Å². The van der Waals surface area contributed by atoms with Gasteiger partial charge in [-0.05, 0) is 39.8 Å². The minimum absolute atomic E-state index is 0.0440. The molecule has 0 fully saturated rings. The first-order valence-electron chi connectivity index (χ1n) is 6.98. The average molecular weight is 286 g/mol. The van der Waals surface area contributed by atoms with E-state index in [4.69, 9.17) is 5.26 Å². The highest BCUT2D eigenvalue weighted by Crippen LogP contribution is 2.27. The molecule has 0 saturated carbocycles. The molecule has 1 unspecified atom stereocenters. The summed E-state index contributed by atoms with van der Waals surface area (Å²) in [7, 11) is 0. The number of aromatic nitrogens is 2. The van der Waals surface area contributed by atoms with Crippen LogP contribution in [0, 0.1) is 31.0 Å². The molecule has 1 N–H and O–H groups in total. The van der Waals surface area contributed by atoms with Crippen LogP contribution in [0.3, 0.4) is 0 Å². The number of nitriles is 1. The Bertz CT molecular complexity index is 697. The van der Waals surface area contributed by atoms with Crippen LogP contribution in [0.1, 0.15) is 42.4 Å². The highest BCUT2D eigenvalue weighted by atomic mass is 19.1. The monoisotopic (exact) mass is 286 g/mol. The maximum atomic E-state index is 13.6. The van der Waals surface area contributed by atoms with E-state index in [0.717, 1.165) is 23.5 Å². The fraction of sp³-hybridized carbons (Fsp3) is 0.375. The van der Waals surface area contributed by atoms with E-state index in [-0.39, 0.29) is 11.6 Å². The Morgan fingerprint density at radius 2 is 2.14 bits per heavy atom. The quantitative estimate of drug-likeness (QED) is 0.932. The molecule has 0 aliphatic heterocycles. The van der Waals surface area contributed by atoms with Crippen molar-refractivity contribution in [1.29, 1.82) is 5.26 Å². The zero-order valence-electron chi connectivity index (χ0n) is 12.7. The maximum absolute atomic E-state index is 13.6. The minimum atomic E-state index is -0.507. The molecule has 0 aliphatic rings. The summed E-state index contributed by atoms with van der Waals surface area (Å²) >= 11 is 0. The number of nitrogens with zero attached hydrogens (tertiary/aromatic N) is 3. The second kappa shape index (κ2) is 5.96. The van der Waals surface area contributed by atoms with Crippen molar-refractivity contribution >= 4 is 5.69 Å². The largest absolute Gasteiger partial charge is 0.377 e. The number of nitrogens with one attached hydrogen (secondary N) is 1. The lowest BCUT2D eigenvalue weighted by Gasteiger charge is -2.17. The lowest BCUT2D eigenvalue weighted by Crippen LogP contribution is -2.10. The molecular weight excluding hydrogens is 267 g/mol. The molecule has 0 amide bonds. The van der Waals surface area contributed by atoms with Gasteiger partial charge in [-0.1, -0.05) is 6.07 Å². The third-order valence-corrected chi connectivity index (χ3v) is 3.67. The van der Waals surface area contributed by atoms with E-state index >= 15 is 0 Å². The zero-order chi connectivity index (χ0) is 15.6. The third-order valence-electron chi connectivity index (χ3n) is 3.67. The molecule has 110 valence electrons. The topological polar surface area (TPSA) is 53.6 Å². The predicted octanol–water partition coefficient (Wildman–Crippen LogP) is 3.70. The number of halogens is 1. The predicted molar refractivity (Wildman–Crippen MR) is 80.5 cm³/mol. The van der Waals surface area contributed by atoms with Gasteiger partial charge in [0, 0.05) is 17.8 Å². The van der Waals surface area contributed by atoms with Gasteiger partial charge in [-0.3, -0.25) is 4.68 Å². The normalized spacial score (nSPS) is 12.0. The van der Waals surface area contributed by atoms with E-state index in [1.165, 1.54) is 6.07 Å². The van der Waals surface area contributed by atoms with Crippen LogP contribution in [-0.2, 0) is 6.54 Å². The molecule has 1 aromatic heterocycles. The van der Waals surface area contributed by atoms with E-state index in [1.807, 2.05) is 38.4 Å². The summed E-state index contributed by atoms with van der Waals surface area (Å²) in [6.45, 7) is 8.82. The van der Waals surface area contributed by atoms with Crippen molar-refractivity contribution in [3.05, 3.63) is 46.5 Å². The van der Waals surface area contributed by atoms with E-state index < -0.39 is 5.82 Å². The Labute approximate surface area is 124 Å². The number of hydrogen-bond donors (Lipinski definition) is 1. The average Bonchev–Trinajstić information content (AvgIpc) is 2.73. The molecule has 1 atom stereocenters. The van der Waals surface area contributed by atoms with Crippen LogP contribution in [0.15, 0.2) is 18.2 Å². The van der Waals surface area contributed by atoms with Crippen LogP contribution in [-0.4, -0.2) is 9.78 Å². The van der Waals surface area contributed by atoms with Gasteiger partial charge in [0.15, 0.2) is 0 Å². The second-order valence-electron chi connectivity index (χ2n) is 5.04. The number of benzene rings is 1. The number of aryl methyl sites for hydroxylation is 2. The summed E-state index contributed by atoms with van der Waals surface area (Å²) in [5.41, 5.74) is 3.68. The SMILES string of the molecule is CCn1nc(C)c(C(C)Nc2cccc(F)c2C#N)c1C. The first-order valence-corrected chi connectivity index (χ1v) is 6.98. The van der Waals surface area contributed by atoms with Gasteiger partial charge in [-0.25, -0.2) is 4.39 Å². The first-order chi connectivity index (χ1) is 9.99. The Balaban J connectivity index is 2.35. The molecule has 0 spiro atoms. The lowest BCUT2D eigenvalue weighted by atomic mass is 10.1. The number of anilines is 1. The van der Waals surface area contributed by atoms with Crippen LogP contribution in [0.2, 0.25) is 0 Å². The van der Waals surface area contributed by atoms with Gasteiger partial charge in [-0.2, -0.15) is 10.4 Å². The first kappa shape index (κ1) is 15.0. The van der Waals surface area contributed by atoms with Crippen molar-refractivity contribution in [2.45, 2.75) is 40.3 Å². The van der Waals surface area contributed by atoms with E-state index in [9.17, 15) is 4.39 Å². The van der Waals surface area contributed by atoms with Crippen molar-refractivity contribution < 1.29 is 4.39 Å². The molecule has 21 heavy (non-hydrogen) atoms. The number of hydrogen-bond acceptors (Lipinski definition) is 3. The summed E-state index contributed by atoms with van der Waals surface area (Å²) in [5.74, 6) is -0.507. The van der Waals surface area contributed by atoms with E-state index in [2.05, 4.69) is 10.4 Å². The molecule has 0 bridgehead atoms. The standard InChI is InChI=1S/C16H19FN4/c1-5-21-12(4)16(11(3)20-21)10(2)19-15-8-6-7-14(17)13(15)9-18/h6-8,10,19H,5H2,1-4H3. The van der Waals surface area contributed by atoms with Crippen LogP contribution in [0.4, 0.5) is 10.1 Å². The molecule has 2 rings (SSSR count). The summed E-state index contributed by atoms with van der Waals surface area (Å²) in [6, 6.07) is 6.46. The summed E-state index contributed by atoms with van der Waals surface area (Å²) in [6.07, 6.45) is 0. The lowest BCUT2D eigenvalue weighted by molar-refractivity contribution is 0.624. The van der Waals surface area contributed by atoms with Crippen LogP contribution in [0.25, 0.3) is 0 Å². The second-order valence-corrected chi connectivity index (χ2v) is 5.04. The van der Waals surface area contributed by atoms with Gasteiger partial charge in [0.1, 0.15) is 17.4 Å². The maximum Gasteiger partial charge on any atom is 0.143 e. The molecule has 4 nitrogen and oxygen atoms in total. The molecule has 0 saturated heterocycles. The van der Waals surface area contributed by atoms with Crippen molar-refractivity contribution in [3.8, 4) is 6.07 Å². The van der Waals surface area contributed by atoms with E-state index in [0.29, 0.717) is 5.69 Å². The molecule has 1 heterocycles. The Morgan fingerprint density at radius 3 is 2.71 bits per heavy atom. The van der Waals surface area contributed by atoms with Gasteiger partial charge in [0.2, 0.25) is 0 Å². The molecule has 5 heteroatoms. The van der Waals surface area contributed by atoms with Crippen molar-refractivity contribution in [3.63, 3.8) is 0 Å². The Kier molecular flexibility index (Phi) is 4.27. The third kappa shape index (κ3) is 2.75. The highest BCUT2D eigenvalue weighted by Gasteiger charge is 2.18. The van der Waals surface area contributed by atoms with Gasteiger partial charge in [0.25, 0.3) is 0 Å². The minimum Gasteiger partial charge on any atom is -0.377 e. The molecule has 0 radical (unpaired) electrons. The highest BCUT2D eigenvalue weighted by molar-refractivity contribution is 5.59. The van der Waals surface area contributed by atoms with E-state index in [1.54, 1.807) is 12.1 Å². The number of rotatable bonds is 4. The Morgan fingerprint density at radius 1 is 1.43 bits per heavy atom. The van der Waals surface area contributed by atoms with Crippen molar-refractivity contribution in [2.24, 2.45) is 0 Å². The summed E-state index contributed by atoms with van der Waals surface area (Å²) in [5, 5.41) is 16.8. The summed E-state index contributed by atoms with van der Waals surface area (Å²) in [4.78, 5) is 0. The molecule has 0 aliphatic carbocycles. The Hall–Kier alpha value is -2.35. The zero-order valence-corrected chi connectivity index (χ0v) is 12.7. The fourth-order valence-electron chi connectivity index (χ4n) is 2.71. The van der Waals surface area contributed by atoms with Crippen LogP contribution < -0.4 is 5.32 Å². The van der Waals surface area contributed by atoms with Crippen LogP contribution in [0.5, 0.6) is 0 Å². The van der Waals surface area contributed by atoms with Gasteiger partial charge < -0.3 is 5.32 Å². The van der Waals surface area contributed by atoms with Crippen molar-refractivity contribution in [2.75, 3.05) is 5.32 Å². The van der Waals surface area contributed by atoms with Crippen molar-refractivity contribution in [1.82, 2.24) is 9.78 Å². The smallest absolute Gasteiger partial charge is 0.143 e. The molecule has 2 aromatic rings. The molecule has 1 aromatic carbocycles. The van der Waals surface area contributed by atoms with Gasteiger partial charge in [0.05, 0.1) is 17.4 Å².